The van der Waals surface area contributed by atoms with Crippen LogP contribution in [-0.4, -0.2) is 59.1 Å². The average Bonchev–Trinajstić information content (AvgIpc) is 2.91. The van der Waals surface area contributed by atoms with Gasteiger partial charge in [0.2, 0.25) is 5.91 Å². The fourth-order valence-corrected chi connectivity index (χ4v) is 5.77. The Bertz CT molecular complexity index is 1390. The molecule has 1 fully saturated rings. The van der Waals surface area contributed by atoms with Crippen molar-refractivity contribution >= 4 is 27.3 Å². The Balaban J connectivity index is 1.56. The molecule has 3 aromatic rings. The molecule has 0 bridgehead atoms. The molecule has 0 aromatic heterocycles. The number of piperazine rings is 1. The first kappa shape index (κ1) is 27.3. The maximum atomic E-state index is 13.7. The number of rotatable bonds is 7. The molecule has 7 nitrogen and oxygen atoms in total. The van der Waals surface area contributed by atoms with Crippen molar-refractivity contribution in [3.8, 4) is 5.75 Å². The number of anilines is 2. The van der Waals surface area contributed by atoms with E-state index in [0.717, 1.165) is 22.0 Å². The molecule has 1 aliphatic heterocycles. The van der Waals surface area contributed by atoms with Gasteiger partial charge in [-0.2, -0.15) is 13.2 Å². The smallest absolute Gasteiger partial charge is 0.416 e. The topological polar surface area (TPSA) is 70.2 Å². The second-order valence-corrected chi connectivity index (χ2v) is 10.8. The normalized spacial score (nSPS) is 14.3. The molecular weight excluding hydrogens is 519 g/mol. The quantitative estimate of drug-likeness (QED) is 0.434. The lowest BCUT2D eigenvalue weighted by molar-refractivity contribution is -0.137. The minimum atomic E-state index is -4.45. The van der Waals surface area contributed by atoms with Gasteiger partial charge in [-0.25, -0.2) is 8.42 Å². The summed E-state index contributed by atoms with van der Waals surface area (Å²) in [4.78, 5) is 16.7. The van der Waals surface area contributed by atoms with Crippen LogP contribution in [0.2, 0.25) is 0 Å². The largest absolute Gasteiger partial charge is 0.495 e. The second-order valence-electron chi connectivity index (χ2n) is 8.92. The molecule has 202 valence electrons. The van der Waals surface area contributed by atoms with Crippen LogP contribution in [0.15, 0.2) is 77.7 Å². The predicted molar refractivity (Wildman–Crippen MR) is 139 cm³/mol. The maximum Gasteiger partial charge on any atom is 0.416 e. The van der Waals surface area contributed by atoms with E-state index in [0.29, 0.717) is 24.5 Å². The molecule has 1 heterocycles. The lowest BCUT2D eigenvalue weighted by atomic mass is 10.1. The fourth-order valence-electron chi connectivity index (χ4n) is 4.33. The molecule has 0 atom stereocenters. The van der Waals surface area contributed by atoms with Gasteiger partial charge in [-0.1, -0.05) is 30.3 Å². The molecule has 0 saturated carbocycles. The number of hydrogen-bond acceptors (Lipinski definition) is 5. The number of carbonyl (C=O) groups excluding carboxylic acids is 1. The van der Waals surface area contributed by atoms with E-state index < -0.39 is 34.2 Å². The first-order valence-corrected chi connectivity index (χ1v) is 13.4. The van der Waals surface area contributed by atoms with Crippen LogP contribution in [0.4, 0.5) is 24.5 Å². The summed E-state index contributed by atoms with van der Waals surface area (Å²) in [5, 5.41) is 0. The van der Waals surface area contributed by atoms with E-state index in [9.17, 15) is 26.4 Å². The standard InChI is InChI=1S/C27H28F3N3O4S/c1-20-11-12-25(37-2)24(17-20)33(38(35,36)23-9-4-3-5-10-23)19-26(34)32-15-13-31(14-16-32)22-8-6-7-21(18-22)27(28,29)30/h3-12,17-18H,13-16,19H2,1-2H3. The highest BCUT2D eigenvalue weighted by molar-refractivity contribution is 7.92. The number of aryl methyl sites for hydroxylation is 1. The van der Waals surface area contributed by atoms with Gasteiger partial charge in [0.15, 0.2) is 0 Å². The van der Waals surface area contributed by atoms with Crippen molar-refractivity contribution in [2.45, 2.75) is 18.0 Å². The van der Waals surface area contributed by atoms with Crippen LogP contribution >= 0.6 is 0 Å². The number of ether oxygens (including phenoxy) is 1. The second kappa shape index (κ2) is 10.9. The molecule has 4 rings (SSSR count). The molecule has 38 heavy (non-hydrogen) atoms. The van der Waals surface area contributed by atoms with Crippen LogP contribution in [0, 0.1) is 6.92 Å². The molecule has 0 aliphatic carbocycles. The van der Waals surface area contributed by atoms with Crippen LogP contribution in [-0.2, 0) is 21.0 Å². The van der Waals surface area contributed by atoms with Crippen LogP contribution < -0.4 is 13.9 Å². The van der Waals surface area contributed by atoms with Crippen LogP contribution in [0.3, 0.4) is 0 Å². The maximum absolute atomic E-state index is 13.7. The number of amides is 1. The molecule has 0 radical (unpaired) electrons. The minimum absolute atomic E-state index is 0.0331. The lowest BCUT2D eigenvalue weighted by Gasteiger charge is -2.37. The number of alkyl halides is 3. The third-order valence-corrected chi connectivity index (χ3v) is 8.16. The first-order chi connectivity index (χ1) is 18.0. The Kier molecular flexibility index (Phi) is 7.86. The third-order valence-electron chi connectivity index (χ3n) is 6.38. The Hall–Kier alpha value is -3.73. The zero-order valence-electron chi connectivity index (χ0n) is 21.0. The van der Waals surface area contributed by atoms with Crippen molar-refractivity contribution in [1.82, 2.24) is 4.90 Å². The Morgan fingerprint density at radius 1 is 0.947 bits per heavy atom. The highest BCUT2D eigenvalue weighted by Crippen LogP contribution is 2.34. The lowest BCUT2D eigenvalue weighted by Crippen LogP contribution is -2.52. The van der Waals surface area contributed by atoms with Gasteiger partial charge in [0.05, 0.1) is 23.3 Å². The number of methoxy groups -OCH3 is 1. The summed E-state index contributed by atoms with van der Waals surface area (Å²) in [5.74, 6) is -0.117. The molecule has 3 aromatic carbocycles. The van der Waals surface area contributed by atoms with E-state index in [1.165, 1.54) is 30.2 Å². The zero-order chi connectivity index (χ0) is 27.5. The number of halogens is 3. The van der Waals surface area contributed by atoms with Crippen LogP contribution in [0.5, 0.6) is 5.75 Å². The van der Waals surface area contributed by atoms with Crippen molar-refractivity contribution in [2.24, 2.45) is 0 Å². The molecule has 0 N–H and O–H groups in total. The summed E-state index contributed by atoms with van der Waals surface area (Å²) in [6.07, 6.45) is -4.45. The summed E-state index contributed by atoms with van der Waals surface area (Å²) < 4.78 is 73.2. The van der Waals surface area contributed by atoms with Crippen LogP contribution in [0.1, 0.15) is 11.1 Å². The number of carbonyl (C=O) groups is 1. The monoisotopic (exact) mass is 547 g/mol. The molecule has 1 saturated heterocycles. The SMILES string of the molecule is COc1ccc(C)cc1N(CC(=O)N1CCN(c2cccc(C(F)(F)F)c2)CC1)S(=O)(=O)c1ccccc1. The van der Waals surface area contributed by atoms with Gasteiger partial charge in [0.25, 0.3) is 10.0 Å². The molecule has 1 aliphatic rings. The predicted octanol–water partition coefficient (Wildman–Crippen LogP) is 4.57. The summed E-state index contributed by atoms with van der Waals surface area (Å²) in [6.45, 7) is 2.45. The zero-order valence-corrected chi connectivity index (χ0v) is 21.8. The van der Waals surface area contributed by atoms with Gasteiger partial charge in [-0.15, -0.1) is 0 Å². The third kappa shape index (κ3) is 5.88. The van der Waals surface area contributed by atoms with Gasteiger partial charge in [-0.3, -0.25) is 9.10 Å². The van der Waals surface area contributed by atoms with E-state index >= 15 is 0 Å². The molecular formula is C27H28F3N3O4S. The average molecular weight is 548 g/mol. The Morgan fingerprint density at radius 2 is 1.63 bits per heavy atom. The van der Waals surface area contributed by atoms with Crippen molar-refractivity contribution in [3.63, 3.8) is 0 Å². The highest BCUT2D eigenvalue weighted by Gasteiger charge is 2.33. The molecule has 11 heteroatoms. The Morgan fingerprint density at radius 3 is 2.26 bits per heavy atom. The fraction of sp³-hybridized carbons (Fsp3) is 0.296. The molecule has 1 amide bonds. The molecule has 0 spiro atoms. The molecule has 0 unspecified atom stereocenters. The summed E-state index contributed by atoms with van der Waals surface area (Å²) >= 11 is 0. The number of benzene rings is 3. The van der Waals surface area contributed by atoms with E-state index in [1.54, 1.807) is 47.4 Å². The van der Waals surface area contributed by atoms with E-state index in [-0.39, 0.29) is 23.7 Å². The summed E-state index contributed by atoms with van der Waals surface area (Å²) in [5.41, 5.74) is 0.718. The Labute approximate surface area is 220 Å². The number of nitrogens with zero attached hydrogens (tertiary/aromatic N) is 3. The highest BCUT2D eigenvalue weighted by atomic mass is 32.2. The minimum Gasteiger partial charge on any atom is -0.495 e. The van der Waals surface area contributed by atoms with Crippen molar-refractivity contribution in [2.75, 3.05) is 49.0 Å². The summed E-state index contributed by atoms with van der Waals surface area (Å²) in [6, 6.07) is 18.0. The van der Waals surface area contributed by atoms with E-state index in [4.69, 9.17) is 4.74 Å². The van der Waals surface area contributed by atoms with Gasteiger partial charge >= 0.3 is 6.18 Å². The van der Waals surface area contributed by atoms with Crippen LogP contribution in [0.25, 0.3) is 0 Å². The van der Waals surface area contributed by atoms with E-state index in [1.807, 2.05) is 6.92 Å². The van der Waals surface area contributed by atoms with Gasteiger partial charge in [-0.05, 0) is 55.0 Å². The van der Waals surface area contributed by atoms with Crippen molar-refractivity contribution in [1.29, 1.82) is 0 Å². The van der Waals surface area contributed by atoms with Crippen molar-refractivity contribution < 1.29 is 31.1 Å². The van der Waals surface area contributed by atoms with Gasteiger partial charge in [0, 0.05) is 31.9 Å². The van der Waals surface area contributed by atoms with Gasteiger partial charge in [0.1, 0.15) is 12.3 Å². The van der Waals surface area contributed by atoms with Crippen molar-refractivity contribution in [3.05, 3.63) is 83.9 Å². The number of hydrogen-bond donors (Lipinski definition) is 0. The first-order valence-electron chi connectivity index (χ1n) is 11.9. The number of sulfonamides is 1. The summed E-state index contributed by atoms with van der Waals surface area (Å²) in [7, 11) is -2.69. The van der Waals surface area contributed by atoms with E-state index in [2.05, 4.69) is 0 Å². The van der Waals surface area contributed by atoms with Gasteiger partial charge < -0.3 is 14.5 Å².